The Balaban J connectivity index is 4.18. The minimum absolute atomic E-state index is 0.129. The Labute approximate surface area is 116 Å². The van der Waals surface area contributed by atoms with Crippen molar-refractivity contribution in [2.45, 2.75) is 53.4 Å². The van der Waals surface area contributed by atoms with Crippen molar-refractivity contribution in [1.82, 2.24) is 0 Å². The number of allylic oxidation sites excluding steroid dienone is 3. The van der Waals surface area contributed by atoms with Crippen molar-refractivity contribution in [1.29, 1.82) is 0 Å². The molecule has 0 spiro atoms. The molecule has 0 aromatic heterocycles. The molecule has 1 atom stereocenters. The van der Waals surface area contributed by atoms with Crippen molar-refractivity contribution in [2.24, 2.45) is 5.92 Å². The zero-order valence-electron chi connectivity index (χ0n) is 12.6. The lowest BCUT2D eigenvalue weighted by atomic mass is 9.95. The number of rotatable bonds is 9. The Kier molecular flexibility index (Phi) is 8.84. The van der Waals surface area contributed by atoms with Crippen LogP contribution in [-0.4, -0.2) is 18.4 Å². The predicted octanol–water partition coefficient (Wildman–Crippen LogP) is 3.84. The van der Waals surface area contributed by atoms with Crippen LogP contribution in [-0.2, 0) is 14.3 Å². The summed E-state index contributed by atoms with van der Waals surface area (Å²) in [6.07, 6.45) is 5.23. The molecule has 0 fully saturated rings. The third-order valence-electron chi connectivity index (χ3n) is 2.90. The van der Waals surface area contributed by atoms with Crippen LogP contribution >= 0.6 is 0 Å². The Morgan fingerprint density at radius 3 is 2.32 bits per heavy atom. The second kappa shape index (κ2) is 9.54. The van der Waals surface area contributed by atoms with Crippen LogP contribution in [0.2, 0.25) is 0 Å². The molecule has 0 N–H and O–H groups in total. The Morgan fingerprint density at radius 2 is 1.84 bits per heavy atom. The van der Waals surface area contributed by atoms with Gasteiger partial charge in [-0.25, -0.2) is 0 Å². The minimum atomic E-state index is -0.639. The molecule has 0 saturated heterocycles. The lowest BCUT2D eigenvalue weighted by Gasteiger charge is -2.13. The average Bonchev–Trinajstić information content (AvgIpc) is 2.28. The van der Waals surface area contributed by atoms with Gasteiger partial charge in [-0.05, 0) is 53.4 Å². The summed E-state index contributed by atoms with van der Waals surface area (Å²) in [6, 6.07) is 0. The van der Waals surface area contributed by atoms with Crippen molar-refractivity contribution in [3.8, 4) is 0 Å². The molecular formula is C16H26O3. The maximum Gasteiger partial charge on any atom is 0.316 e. The number of hydrogen-bond acceptors (Lipinski definition) is 3. The summed E-state index contributed by atoms with van der Waals surface area (Å²) in [5.41, 5.74) is 2.37. The van der Waals surface area contributed by atoms with Gasteiger partial charge in [0.05, 0.1) is 6.61 Å². The Hall–Kier alpha value is -1.38. The highest BCUT2D eigenvalue weighted by molar-refractivity contribution is 5.97. The normalized spacial score (nSPS) is 11.6. The fraction of sp³-hybridized carbons (Fsp3) is 0.625. The van der Waals surface area contributed by atoms with Crippen molar-refractivity contribution in [3.05, 3.63) is 23.8 Å². The lowest BCUT2D eigenvalue weighted by Crippen LogP contribution is -2.24. The van der Waals surface area contributed by atoms with E-state index in [9.17, 15) is 9.59 Å². The highest BCUT2D eigenvalue weighted by Crippen LogP contribution is 2.17. The van der Waals surface area contributed by atoms with Gasteiger partial charge in [-0.1, -0.05) is 23.8 Å². The smallest absolute Gasteiger partial charge is 0.316 e. The van der Waals surface area contributed by atoms with Crippen LogP contribution in [0.5, 0.6) is 0 Å². The maximum atomic E-state index is 11.6. The minimum Gasteiger partial charge on any atom is -0.465 e. The van der Waals surface area contributed by atoms with E-state index in [0.29, 0.717) is 19.4 Å². The first-order valence-corrected chi connectivity index (χ1v) is 6.85. The van der Waals surface area contributed by atoms with Gasteiger partial charge >= 0.3 is 5.97 Å². The second-order valence-electron chi connectivity index (χ2n) is 5.02. The van der Waals surface area contributed by atoms with Crippen LogP contribution in [0.15, 0.2) is 23.8 Å². The summed E-state index contributed by atoms with van der Waals surface area (Å²) >= 11 is 0. The quantitative estimate of drug-likeness (QED) is 0.362. The van der Waals surface area contributed by atoms with E-state index in [0.717, 1.165) is 18.4 Å². The molecule has 0 aliphatic rings. The standard InChI is InChI=1S/C16H26O3/c1-6-19-16(18)15(14(5)17)11-10-13(4)9-7-8-12(2)3/h8,15H,4,6-7,9-11H2,1-3,5H3. The summed E-state index contributed by atoms with van der Waals surface area (Å²) in [4.78, 5) is 23.1. The molecule has 0 bridgehead atoms. The Bertz CT molecular complexity index is 349. The zero-order chi connectivity index (χ0) is 14.8. The molecule has 0 amide bonds. The number of carbonyl (C=O) groups is 2. The predicted molar refractivity (Wildman–Crippen MR) is 77.8 cm³/mol. The summed E-state index contributed by atoms with van der Waals surface area (Å²) < 4.78 is 4.91. The summed E-state index contributed by atoms with van der Waals surface area (Å²) in [5.74, 6) is -1.18. The van der Waals surface area contributed by atoms with Crippen LogP contribution in [0.4, 0.5) is 0 Å². The van der Waals surface area contributed by atoms with E-state index in [4.69, 9.17) is 4.74 Å². The fourth-order valence-electron chi connectivity index (χ4n) is 1.77. The summed E-state index contributed by atoms with van der Waals surface area (Å²) in [6.45, 7) is 11.6. The van der Waals surface area contributed by atoms with Gasteiger partial charge in [0.25, 0.3) is 0 Å². The van der Waals surface area contributed by atoms with Gasteiger partial charge in [0, 0.05) is 0 Å². The first-order chi connectivity index (χ1) is 8.88. The highest BCUT2D eigenvalue weighted by Gasteiger charge is 2.24. The highest BCUT2D eigenvalue weighted by atomic mass is 16.5. The molecule has 0 rings (SSSR count). The van der Waals surface area contributed by atoms with Crippen LogP contribution in [0.1, 0.15) is 53.4 Å². The fourth-order valence-corrected chi connectivity index (χ4v) is 1.77. The SMILES string of the molecule is C=C(CCC=C(C)C)CCC(C(C)=O)C(=O)OCC. The molecule has 108 valence electrons. The number of esters is 1. The van der Waals surface area contributed by atoms with E-state index in [1.54, 1.807) is 6.92 Å². The van der Waals surface area contributed by atoms with E-state index >= 15 is 0 Å². The third-order valence-corrected chi connectivity index (χ3v) is 2.90. The molecule has 0 aromatic rings. The van der Waals surface area contributed by atoms with Crippen LogP contribution in [0, 0.1) is 5.92 Å². The molecule has 3 heteroatoms. The molecule has 0 aliphatic carbocycles. The first-order valence-electron chi connectivity index (χ1n) is 6.85. The summed E-state index contributed by atoms with van der Waals surface area (Å²) in [7, 11) is 0. The number of ether oxygens (including phenoxy) is 1. The van der Waals surface area contributed by atoms with Gasteiger partial charge in [0.1, 0.15) is 11.7 Å². The second-order valence-corrected chi connectivity index (χ2v) is 5.02. The molecule has 19 heavy (non-hydrogen) atoms. The number of Topliss-reactive ketones (excluding diaryl/α,β-unsaturated/α-hetero) is 1. The van der Waals surface area contributed by atoms with Crippen molar-refractivity contribution in [2.75, 3.05) is 6.61 Å². The van der Waals surface area contributed by atoms with E-state index in [-0.39, 0.29) is 5.78 Å². The van der Waals surface area contributed by atoms with Gasteiger partial charge < -0.3 is 4.74 Å². The number of hydrogen-bond donors (Lipinski definition) is 0. The van der Waals surface area contributed by atoms with E-state index in [1.165, 1.54) is 12.5 Å². The topological polar surface area (TPSA) is 43.4 Å². The van der Waals surface area contributed by atoms with Crippen molar-refractivity contribution < 1.29 is 14.3 Å². The molecular weight excluding hydrogens is 240 g/mol. The largest absolute Gasteiger partial charge is 0.465 e. The molecule has 0 aliphatic heterocycles. The van der Waals surface area contributed by atoms with Gasteiger partial charge in [-0.15, -0.1) is 0 Å². The van der Waals surface area contributed by atoms with Gasteiger partial charge in [-0.2, -0.15) is 0 Å². The van der Waals surface area contributed by atoms with Gasteiger partial charge in [-0.3, -0.25) is 9.59 Å². The number of carbonyl (C=O) groups excluding carboxylic acids is 2. The van der Waals surface area contributed by atoms with E-state index < -0.39 is 11.9 Å². The number of ketones is 1. The monoisotopic (exact) mass is 266 g/mol. The molecule has 0 aromatic carbocycles. The van der Waals surface area contributed by atoms with Crippen molar-refractivity contribution in [3.63, 3.8) is 0 Å². The van der Waals surface area contributed by atoms with Gasteiger partial charge in [0.2, 0.25) is 0 Å². The van der Waals surface area contributed by atoms with E-state index in [1.807, 2.05) is 0 Å². The van der Waals surface area contributed by atoms with Crippen molar-refractivity contribution >= 4 is 11.8 Å². The average molecular weight is 266 g/mol. The molecule has 1 unspecified atom stereocenters. The van der Waals surface area contributed by atoms with Crippen LogP contribution in [0.25, 0.3) is 0 Å². The molecule has 0 heterocycles. The molecule has 0 radical (unpaired) electrons. The first kappa shape index (κ1) is 17.6. The maximum absolute atomic E-state index is 11.6. The van der Waals surface area contributed by atoms with E-state index in [2.05, 4.69) is 26.5 Å². The van der Waals surface area contributed by atoms with Crippen LogP contribution in [0.3, 0.4) is 0 Å². The Morgan fingerprint density at radius 1 is 1.21 bits per heavy atom. The third kappa shape index (κ3) is 8.36. The summed E-state index contributed by atoms with van der Waals surface area (Å²) in [5, 5.41) is 0. The zero-order valence-corrected chi connectivity index (χ0v) is 12.6. The van der Waals surface area contributed by atoms with Gasteiger partial charge in [0.15, 0.2) is 0 Å². The molecule has 0 saturated carbocycles. The molecule has 3 nitrogen and oxygen atoms in total. The van der Waals surface area contributed by atoms with Crippen LogP contribution < -0.4 is 0 Å². The lowest BCUT2D eigenvalue weighted by molar-refractivity contribution is -0.151.